The summed E-state index contributed by atoms with van der Waals surface area (Å²) in [4.78, 5) is 22.5. The smallest absolute Gasteiger partial charge is 0.328 e. The Morgan fingerprint density at radius 2 is 2.30 bits per heavy atom. The molecule has 0 radical (unpaired) electrons. The van der Waals surface area contributed by atoms with Gasteiger partial charge in [-0.1, -0.05) is 19.4 Å². The lowest BCUT2D eigenvalue weighted by Crippen LogP contribution is -2.29. The zero-order valence-electron chi connectivity index (χ0n) is 11.6. The van der Waals surface area contributed by atoms with Gasteiger partial charge in [0.25, 0.3) is 5.69 Å². The molecule has 1 aliphatic heterocycles. The molecule has 2 rings (SSSR count). The number of nitro groups is 1. The van der Waals surface area contributed by atoms with Gasteiger partial charge in [-0.2, -0.15) is 0 Å². The van der Waals surface area contributed by atoms with E-state index < -0.39 is 11.0 Å². The molecule has 1 N–H and O–H groups in total. The lowest BCUT2D eigenvalue weighted by molar-refractivity contribution is -0.385. The van der Waals surface area contributed by atoms with Crippen molar-refractivity contribution < 1.29 is 14.5 Å². The first-order valence-electron chi connectivity index (χ1n) is 6.74. The van der Waals surface area contributed by atoms with E-state index in [1.165, 1.54) is 6.07 Å². The molecule has 0 aromatic heterocycles. The third-order valence-electron chi connectivity index (χ3n) is 3.45. The van der Waals surface area contributed by atoms with Gasteiger partial charge in [0.1, 0.15) is 6.04 Å². The predicted octanol–water partition coefficient (Wildman–Crippen LogP) is 2.58. The van der Waals surface area contributed by atoms with Crippen LogP contribution in [-0.2, 0) is 16.0 Å². The van der Waals surface area contributed by atoms with Gasteiger partial charge in [-0.3, -0.25) is 10.1 Å². The summed E-state index contributed by atoms with van der Waals surface area (Å²) in [5, 5.41) is 14.1. The molecule has 0 amide bonds. The Morgan fingerprint density at radius 3 is 2.95 bits per heavy atom. The Bertz CT molecular complexity index is 542. The number of nitrogens with zero attached hydrogens (tertiary/aromatic N) is 1. The largest absolute Gasteiger partial charge is 0.464 e. The molecule has 1 heterocycles. The van der Waals surface area contributed by atoms with Crippen LogP contribution in [0.3, 0.4) is 0 Å². The van der Waals surface area contributed by atoms with E-state index in [1.54, 1.807) is 6.07 Å². The number of benzene rings is 1. The molecule has 20 heavy (non-hydrogen) atoms. The summed E-state index contributed by atoms with van der Waals surface area (Å²) in [5.74, 6) is -0.344. The maximum atomic E-state index is 11.9. The second-order valence-electron chi connectivity index (χ2n) is 4.93. The second-order valence-corrected chi connectivity index (χ2v) is 4.93. The summed E-state index contributed by atoms with van der Waals surface area (Å²) in [6.07, 6.45) is 2.08. The van der Waals surface area contributed by atoms with Gasteiger partial charge in [-0.05, 0) is 18.9 Å². The highest BCUT2D eigenvalue weighted by Gasteiger charge is 2.34. The number of rotatable bonds is 5. The molecular weight excluding hydrogens is 260 g/mol. The van der Waals surface area contributed by atoms with Crippen molar-refractivity contribution in [1.29, 1.82) is 0 Å². The summed E-state index contributed by atoms with van der Waals surface area (Å²) >= 11 is 0. The summed E-state index contributed by atoms with van der Waals surface area (Å²) in [7, 11) is 0. The number of ether oxygens (including phenoxy) is 1. The highest BCUT2D eigenvalue weighted by Crippen LogP contribution is 2.36. The minimum atomic E-state index is -0.526. The van der Waals surface area contributed by atoms with Crippen LogP contribution < -0.4 is 5.32 Å². The van der Waals surface area contributed by atoms with Crippen LogP contribution in [0.1, 0.15) is 30.9 Å². The molecule has 1 aromatic rings. The summed E-state index contributed by atoms with van der Waals surface area (Å²) in [6.45, 7) is 4.27. The van der Waals surface area contributed by atoms with Crippen LogP contribution in [0.4, 0.5) is 11.4 Å². The number of esters is 1. The van der Waals surface area contributed by atoms with Crippen molar-refractivity contribution in [3.63, 3.8) is 0 Å². The van der Waals surface area contributed by atoms with E-state index in [-0.39, 0.29) is 11.7 Å². The van der Waals surface area contributed by atoms with Crippen molar-refractivity contribution in [3.8, 4) is 0 Å². The second kappa shape index (κ2) is 5.90. The van der Waals surface area contributed by atoms with Crippen molar-refractivity contribution in [2.45, 2.75) is 39.2 Å². The molecule has 108 valence electrons. The van der Waals surface area contributed by atoms with E-state index in [0.717, 1.165) is 18.4 Å². The fourth-order valence-corrected chi connectivity index (χ4v) is 2.32. The van der Waals surface area contributed by atoms with Gasteiger partial charge in [0.15, 0.2) is 0 Å². The van der Waals surface area contributed by atoms with E-state index in [9.17, 15) is 14.9 Å². The summed E-state index contributed by atoms with van der Waals surface area (Å²) in [6, 6.07) is 2.65. The third-order valence-corrected chi connectivity index (χ3v) is 3.45. The van der Waals surface area contributed by atoms with Crippen LogP contribution >= 0.6 is 0 Å². The number of carbonyl (C=O) groups excluding carboxylic acids is 1. The molecule has 0 saturated carbocycles. The van der Waals surface area contributed by atoms with Crippen molar-refractivity contribution >= 4 is 17.3 Å². The number of nitrogens with one attached hydrogen (secondary N) is 1. The van der Waals surface area contributed by atoms with E-state index in [1.807, 2.05) is 13.8 Å². The van der Waals surface area contributed by atoms with Crippen LogP contribution in [0.5, 0.6) is 0 Å². The Kier molecular flexibility index (Phi) is 4.22. The number of hydrogen-bond donors (Lipinski definition) is 1. The van der Waals surface area contributed by atoms with Crippen LogP contribution in [0.2, 0.25) is 0 Å². The SMILES string of the molecule is CCCCOC(=O)C1Cc2c([N+](=O)[O-])ccc(C)c2N1. The number of fused-ring (bicyclic) bond motifs is 1. The predicted molar refractivity (Wildman–Crippen MR) is 74.8 cm³/mol. The maximum Gasteiger partial charge on any atom is 0.328 e. The van der Waals surface area contributed by atoms with Gasteiger partial charge in [0.2, 0.25) is 0 Å². The average Bonchev–Trinajstić information content (AvgIpc) is 2.84. The van der Waals surface area contributed by atoms with E-state index >= 15 is 0 Å². The number of hydrogen-bond acceptors (Lipinski definition) is 5. The monoisotopic (exact) mass is 278 g/mol. The maximum absolute atomic E-state index is 11.9. The Morgan fingerprint density at radius 1 is 1.55 bits per heavy atom. The van der Waals surface area contributed by atoms with Gasteiger partial charge in [-0.15, -0.1) is 0 Å². The summed E-state index contributed by atoms with van der Waals surface area (Å²) < 4.78 is 5.17. The molecule has 1 aliphatic rings. The summed E-state index contributed by atoms with van der Waals surface area (Å²) in [5.41, 5.74) is 2.24. The van der Waals surface area contributed by atoms with Gasteiger partial charge < -0.3 is 10.1 Å². The van der Waals surface area contributed by atoms with Crippen molar-refractivity contribution in [2.75, 3.05) is 11.9 Å². The van der Waals surface area contributed by atoms with Crippen LogP contribution in [0.15, 0.2) is 12.1 Å². The van der Waals surface area contributed by atoms with Crippen molar-refractivity contribution in [2.24, 2.45) is 0 Å². The van der Waals surface area contributed by atoms with Crippen LogP contribution in [0, 0.1) is 17.0 Å². The highest BCUT2D eigenvalue weighted by atomic mass is 16.6. The quantitative estimate of drug-likeness (QED) is 0.387. The first-order valence-corrected chi connectivity index (χ1v) is 6.74. The number of carbonyl (C=O) groups is 1. The van der Waals surface area contributed by atoms with E-state index in [2.05, 4.69) is 5.32 Å². The first kappa shape index (κ1) is 14.3. The molecular formula is C14H18N2O4. The molecule has 0 aliphatic carbocycles. The topological polar surface area (TPSA) is 81.5 Å². The lowest BCUT2D eigenvalue weighted by atomic mass is 10.0. The van der Waals surface area contributed by atoms with Gasteiger partial charge >= 0.3 is 5.97 Å². The zero-order valence-corrected chi connectivity index (χ0v) is 11.6. The van der Waals surface area contributed by atoms with Gasteiger partial charge in [-0.25, -0.2) is 4.79 Å². The number of anilines is 1. The lowest BCUT2D eigenvalue weighted by Gasteiger charge is -2.11. The molecule has 1 aromatic carbocycles. The minimum absolute atomic E-state index is 0.0574. The molecule has 0 spiro atoms. The number of nitro benzene ring substituents is 1. The Labute approximate surface area is 117 Å². The standard InChI is InChI=1S/C14H18N2O4/c1-3-4-7-20-14(17)11-8-10-12(16(18)19)6-5-9(2)13(10)15-11/h5-6,11,15H,3-4,7-8H2,1-2H3. The number of unbranched alkanes of at least 4 members (excludes halogenated alkanes) is 1. The third kappa shape index (κ3) is 2.74. The molecule has 1 unspecified atom stereocenters. The van der Waals surface area contributed by atoms with Crippen molar-refractivity contribution in [1.82, 2.24) is 0 Å². The minimum Gasteiger partial charge on any atom is -0.464 e. The van der Waals surface area contributed by atoms with Crippen LogP contribution in [0.25, 0.3) is 0 Å². The Balaban J connectivity index is 2.14. The molecule has 0 saturated heterocycles. The van der Waals surface area contributed by atoms with E-state index in [0.29, 0.717) is 24.3 Å². The van der Waals surface area contributed by atoms with Crippen LogP contribution in [-0.4, -0.2) is 23.5 Å². The fraction of sp³-hybridized carbons (Fsp3) is 0.500. The van der Waals surface area contributed by atoms with Crippen molar-refractivity contribution in [3.05, 3.63) is 33.4 Å². The van der Waals surface area contributed by atoms with Gasteiger partial charge in [0, 0.05) is 18.2 Å². The average molecular weight is 278 g/mol. The Hall–Kier alpha value is -2.11. The van der Waals surface area contributed by atoms with E-state index in [4.69, 9.17) is 4.74 Å². The molecule has 0 bridgehead atoms. The normalized spacial score (nSPS) is 16.4. The highest BCUT2D eigenvalue weighted by molar-refractivity contribution is 5.85. The molecule has 6 heteroatoms. The fourth-order valence-electron chi connectivity index (χ4n) is 2.32. The molecule has 6 nitrogen and oxygen atoms in total. The van der Waals surface area contributed by atoms with Gasteiger partial charge in [0.05, 0.1) is 17.1 Å². The number of aryl methyl sites for hydroxylation is 1. The first-order chi connectivity index (χ1) is 9.54. The molecule has 1 atom stereocenters. The zero-order chi connectivity index (χ0) is 14.7. The molecule has 0 fully saturated rings.